The average molecular weight is 404 g/mol. The summed E-state index contributed by atoms with van der Waals surface area (Å²) < 4.78 is 15.6. The highest BCUT2D eigenvalue weighted by Gasteiger charge is 2.27. The number of hydrogen-bond donors (Lipinski definition) is 1. The number of para-hydroxylation sites is 2. The molecule has 0 saturated carbocycles. The number of carbonyl (C=O) groups excluding carboxylic acids is 1. The van der Waals surface area contributed by atoms with Crippen LogP contribution in [0.5, 0.6) is 0 Å². The van der Waals surface area contributed by atoms with Gasteiger partial charge in [0.05, 0.1) is 22.1 Å². The van der Waals surface area contributed by atoms with Crippen molar-refractivity contribution in [1.82, 2.24) is 19.4 Å². The number of nitrogens with zero attached hydrogens (tertiary/aromatic N) is 3. The van der Waals surface area contributed by atoms with E-state index in [1.165, 1.54) is 12.1 Å². The number of piperidine rings is 1. The van der Waals surface area contributed by atoms with E-state index < -0.39 is 0 Å². The number of nitrogens with one attached hydrogen (secondary N) is 1. The molecule has 7 heteroatoms. The van der Waals surface area contributed by atoms with Gasteiger partial charge in [-0.1, -0.05) is 12.1 Å². The molecule has 1 fully saturated rings. The summed E-state index contributed by atoms with van der Waals surface area (Å²) in [7, 11) is 0. The third-order valence-electron chi connectivity index (χ3n) is 5.87. The number of likely N-dealkylation sites (tertiary alicyclic amines) is 1. The number of H-pyrrole nitrogens is 1. The number of amides is 1. The van der Waals surface area contributed by atoms with Crippen molar-refractivity contribution in [3.8, 4) is 0 Å². The zero-order valence-electron chi connectivity index (χ0n) is 16.6. The fourth-order valence-corrected chi connectivity index (χ4v) is 4.44. The lowest BCUT2D eigenvalue weighted by Gasteiger charge is -2.33. The first-order valence-electron chi connectivity index (χ1n) is 10.1. The Kier molecular flexibility index (Phi) is 4.38. The zero-order valence-corrected chi connectivity index (χ0v) is 16.6. The second kappa shape index (κ2) is 7.09. The Morgan fingerprint density at radius 1 is 1.13 bits per heavy atom. The summed E-state index contributed by atoms with van der Waals surface area (Å²) in [4.78, 5) is 34.8. The van der Waals surface area contributed by atoms with Crippen LogP contribution in [-0.2, 0) is 0 Å². The summed E-state index contributed by atoms with van der Waals surface area (Å²) >= 11 is 0. The van der Waals surface area contributed by atoms with Gasteiger partial charge in [-0.3, -0.25) is 14.3 Å². The average Bonchev–Trinajstić information content (AvgIpc) is 3.09. The van der Waals surface area contributed by atoms with Gasteiger partial charge in [0.2, 0.25) is 0 Å². The van der Waals surface area contributed by atoms with Gasteiger partial charge in [-0.2, -0.15) is 0 Å². The van der Waals surface area contributed by atoms with Gasteiger partial charge in [-0.05, 0) is 56.2 Å². The van der Waals surface area contributed by atoms with E-state index >= 15 is 0 Å². The molecule has 0 atom stereocenters. The van der Waals surface area contributed by atoms with E-state index in [0.717, 1.165) is 16.7 Å². The van der Waals surface area contributed by atoms with Crippen LogP contribution in [0.1, 0.15) is 34.9 Å². The number of aromatic nitrogens is 3. The molecule has 5 rings (SSSR count). The van der Waals surface area contributed by atoms with Crippen LogP contribution in [0.3, 0.4) is 0 Å². The van der Waals surface area contributed by atoms with E-state index in [2.05, 4.69) is 9.97 Å². The van der Waals surface area contributed by atoms with Crippen LogP contribution in [0, 0.1) is 12.7 Å². The number of carbonyl (C=O) groups is 1. The largest absolute Gasteiger partial charge is 0.338 e. The van der Waals surface area contributed by atoms with Gasteiger partial charge < -0.3 is 9.88 Å². The molecule has 0 aliphatic carbocycles. The summed E-state index contributed by atoms with van der Waals surface area (Å²) in [5.41, 5.74) is 3.39. The molecule has 0 radical (unpaired) electrons. The third kappa shape index (κ3) is 3.07. The number of imidazole rings is 1. The number of rotatable bonds is 2. The molecule has 1 aliphatic heterocycles. The maximum absolute atomic E-state index is 13.8. The topological polar surface area (TPSA) is 71.0 Å². The number of halogens is 1. The van der Waals surface area contributed by atoms with E-state index in [4.69, 9.17) is 0 Å². The monoisotopic (exact) mass is 404 g/mol. The molecule has 4 aromatic rings. The standard InChI is InChI=1S/C23H21FN4O2/c1-14-12-18(17-13-15(24)6-7-19(17)25-14)22(29)27-10-8-16(9-11-27)28-21-5-3-2-4-20(21)26-23(28)30/h2-7,12-13,16H,8-11H2,1H3,(H,26,30). The van der Waals surface area contributed by atoms with E-state index in [0.29, 0.717) is 42.4 Å². The predicted molar refractivity (Wildman–Crippen MR) is 113 cm³/mol. The van der Waals surface area contributed by atoms with Crippen LogP contribution in [-0.4, -0.2) is 38.4 Å². The van der Waals surface area contributed by atoms with Crippen molar-refractivity contribution in [2.45, 2.75) is 25.8 Å². The molecule has 0 bridgehead atoms. The second-order valence-electron chi connectivity index (χ2n) is 7.81. The van der Waals surface area contributed by atoms with Crippen LogP contribution < -0.4 is 5.69 Å². The highest BCUT2D eigenvalue weighted by atomic mass is 19.1. The molecule has 0 spiro atoms. The van der Waals surface area contributed by atoms with Crippen molar-refractivity contribution < 1.29 is 9.18 Å². The van der Waals surface area contributed by atoms with E-state index in [9.17, 15) is 14.0 Å². The smallest absolute Gasteiger partial charge is 0.326 e. The fourth-order valence-electron chi connectivity index (χ4n) is 4.44. The van der Waals surface area contributed by atoms with Crippen LogP contribution in [0.15, 0.2) is 53.3 Å². The second-order valence-corrected chi connectivity index (χ2v) is 7.81. The molecule has 1 N–H and O–H groups in total. The molecule has 0 unspecified atom stereocenters. The SMILES string of the molecule is Cc1cc(C(=O)N2CCC(n3c(=O)[nH]c4ccccc43)CC2)c2cc(F)ccc2n1. The lowest BCUT2D eigenvalue weighted by atomic mass is 10.0. The number of hydrogen-bond acceptors (Lipinski definition) is 3. The number of fused-ring (bicyclic) bond motifs is 2. The fraction of sp³-hybridized carbons (Fsp3) is 0.261. The first-order chi connectivity index (χ1) is 14.5. The Balaban J connectivity index is 1.42. The molecule has 6 nitrogen and oxygen atoms in total. The Bertz CT molecular complexity index is 1330. The molecule has 2 aromatic heterocycles. The Hall–Kier alpha value is -3.48. The lowest BCUT2D eigenvalue weighted by molar-refractivity contribution is 0.0697. The normalized spacial score (nSPS) is 15.2. The summed E-state index contributed by atoms with van der Waals surface area (Å²) in [6.07, 6.45) is 1.37. The highest BCUT2D eigenvalue weighted by molar-refractivity contribution is 6.06. The van der Waals surface area contributed by atoms with Gasteiger partial charge in [0.25, 0.3) is 5.91 Å². The van der Waals surface area contributed by atoms with Crippen molar-refractivity contribution in [2.75, 3.05) is 13.1 Å². The molecular formula is C23H21FN4O2. The van der Waals surface area contributed by atoms with Crippen LogP contribution in [0.2, 0.25) is 0 Å². The van der Waals surface area contributed by atoms with E-state index in [1.807, 2.05) is 31.2 Å². The first-order valence-corrected chi connectivity index (χ1v) is 10.1. The van der Waals surface area contributed by atoms with Gasteiger partial charge in [0, 0.05) is 30.2 Å². The summed E-state index contributed by atoms with van der Waals surface area (Å²) in [6, 6.07) is 13.7. The van der Waals surface area contributed by atoms with Crippen LogP contribution >= 0.6 is 0 Å². The minimum absolute atomic E-state index is 0.0334. The van der Waals surface area contributed by atoms with Gasteiger partial charge in [0.15, 0.2) is 0 Å². The maximum Gasteiger partial charge on any atom is 0.326 e. The maximum atomic E-state index is 13.8. The van der Waals surface area contributed by atoms with Crippen molar-refractivity contribution in [2.24, 2.45) is 0 Å². The molecule has 3 heterocycles. The first kappa shape index (κ1) is 18.5. The van der Waals surface area contributed by atoms with Gasteiger partial charge in [-0.15, -0.1) is 0 Å². The summed E-state index contributed by atoms with van der Waals surface area (Å²) in [5.74, 6) is -0.513. The van der Waals surface area contributed by atoms with Crippen molar-refractivity contribution in [3.05, 3.63) is 76.1 Å². The third-order valence-corrected chi connectivity index (χ3v) is 5.87. The Labute approximate surface area is 172 Å². The van der Waals surface area contributed by atoms with Gasteiger partial charge in [-0.25, -0.2) is 9.18 Å². The molecule has 152 valence electrons. The minimum Gasteiger partial charge on any atom is -0.338 e. The molecule has 2 aromatic carbocycles. The van der Waals surface area contributed by atoms with Gasteiger partial charge in [0.1, 0.15) is 5.82 Å². The van der Waals surface area contributed by atoms with Crippen molar-refractivity contribution >= 4 is 27.8 Å². The van der Waals surface area contributed by atoms with Crippen LogP contribution in [0.4, 0.5) is 4.39 Å². The number of pyridine rings is 1. The molecular weight excluding hydrogens is 383 g/mol. The van der Waals surface area contributed by atoms with Crippen LogP contribution in [0.25, 0.3) is 21.9 Å². The highest BCUT2D eigenvalue weighted by Crippen LogP contribution is 2.27. The minimum atomic E-state index is -0.389. The zero-order chi connectivity index (χ0) is 20.8. The van der Waals surface area contributed by atoms with E-state index in [1.54, 1.807) is 21.6 Å². The van der Waals surface area contributed by atoms with E-state index in [-0.39, 0.29) is 23.5 Å². The van der Waals surface area contributed by atoms with Gasteiger partial charge >= 0.3 is 5.69 Å². The Morgan fingerprint density at radius 2 is 1.90 bits per heavy atom. The summed E-state index contributed by atoms with van der Waals surface area (Å²) in [5, 5.41) is 0.528. The quantitative estimate of drug-likeness (QED) is 0.552. The lowest BCUT2D eigenvalue weighted by Crippen LogP contribution is -2.40. The molecule has 30 heavy (non-hydrogen) atoms. The van der Waals surface area contributed by atoms with Crippen molar-refractivity contribution in [1.29, 1.82) is 0 Å². The number of benzene rings is 2. The van der Waals surface area contributed by atoms with Crippen molar-refractivity contribution in [3.63, 3.8) is 0 Å². The number of aromatic amines is 1. The number of aryl methyl sites for hydroxylation is 1. The Morgan fingerprint density at radius 3 is 2.70 bits per heavy atom. The summed E-state index contributed by atoms with van der Waals surface area (Å²) in [6.45, 7) is 2.90. The molecule has 1 amide bonds. The molecule has 1 aliphatic rings. The molecule has 1 saturated heterocycles. The predicted octanol–water partition coefficient (Wildman–Crippen LogP) is 3.80.